The van der Waals surface area contributed by atoms with Crippen molar-refractivity contribution in [1.82, 2.24) is 0 Å². The van der Waals surface area contributed by atoms with Gasteiger partial charge in [0.25, 0.3) is 0 Å². The molecule has 1 N–H and O–H groups in total. The number of nitrogens with one attached hydrogen (secondary N) is 1. The predicted molar refractivity (Wildman–Crippen MR) is 78.2 cm³/mol. The molecule has 0 heterocycles. The van der Waals surface area contributed by atoms with Gasteiger partial charge in [-0.3, -0.25) is 0 Å². The van der Waals surface area contributed by atoms with E-state index in [1.165, 1.54) is 12.1 Å². The Bertz CT molecular complexity index is 607. The number of anilines is 1. The highest BCUT2D eigenvalue weighted by atomic mass is 35.5. The molecule has 2 aromatic rings. The number of hydrogen-bond donors (Lipinski definition) is 1. The Balaban J connectivity index is 2.03. The monoisotopic (exact) mass is 293 g/mol. The number of rotatable bonds is 2. The van der Waals surface area contributed by atoms with Crippen LogP contribution in [0.25, 0.3) is 0 Å². The minimum atomic E-state index is -0.462. The van der Waals surface area contributed by atoms with Gasteiger partial charge in [-0.05, 0) is 24.3 Å². The molecule has 1 nitrogen and oxygen atoms in total. The molecule has 2 rings (SSSR count). The van der Waals surface area contributed by atoms with Crippen molar-refractivity contribution >= 4 is 28.9 Å². The van der Waals surface area contributed by atoms with E-state index < -0.39 is 5.82 Å². The second-order valence-electron chi connectivity index (χ2n) is 3.77. The molecule has 0 amide bonds. The zero-order chi connectivity index (χ0) is 13.7. The van der Waals surface area contributed by atoms with Crippen LogP contribution in [0, 0.1) is 17.7 Å². The van der Waals surface area contributed by atoms with Gasteiger partial charge < -0.3 is 5.32 Å². The topological polar surface area (TPSA) is 12.0 Å². The highest BCUT2D eigenvalue weighted by molar-refractivity contribution is 6.39. The third-order valence-corrected chi connectivity index (χ3v) is 2.96. The summed E-state index contributed by atoms with van der Waals surface area (Å²) in [7, 11) is 0. The fourth-order valence-corrected chi connectivity index (χ4v) is 2.11. The molecule has 96 valence electrons. The molecule has 0 saturated heterocycles. The van der Waals surface area contributed by atoms with Gasteiger partial charge in [-0.25, -0.2) is 4.39 Å². The first kappa shape index (κ1) is 13.7. The van der Waals surface area contributed by atoms with E-state index in [0.29, 0.717) is 12.2 Å². The van der Waals surface area contributed by atoms with Crippen molar-refractivity contribution in [1.29, 1.82) is 0 Å². The first-order valence-corrected chi connectivity index (χ1v) is 6.35. The SMILES string of the molecule is Fc1cc(Cl)c(NCC#Cc2ccccc2)c(Cl)c1. The van der Waals surface area contributed by atoms with E-state index in [2.05, 4.69) is 17.2 Å². The van der Waals surface area contributed by atoms with Crippen molar-refractivity contribution < 1.29 is 4.39 Å². The zero-order valence-electron chi connectivity index (χ0n) is 9.88. The molecule has 0 aliphatic heterocycles. The summed E-state index contributed by atoms with van der Waals surface area (Å²) in [5, 5.41) is 3.46. The molecular formula is C15H10Cl2FN. The van der Waals surface area contributed by atoms with Crippen LogP contribution in [0.15, 0.2) is 42.5 Å². The van der Waals surface area contributed by atoms with Gasteiger partial charge in [0.1, 0.15) is 5.82 Å². The summed E-state index contributed by atoms with van der Waals surface area (Å²) in [5.74, 6) is 5.48. The smallest absolute Gasteiger partial charge is 0.126 e. The van der Waals surface area contributed by atoms with Gasteiger partial charge in [0.2, 0.25) is 0 Å². The lowest BCUT2D eigenvalue weighted by Gasteiger charge is -2.07. The quantitative estimate of drug-likeness (QED) is 0.798. The third kappa shape index (κ3) is 3.89. The highest BCUT2D eigenvalue weighted by Crippen LogP contribution is 2.30. The molecule has 0 fully saturated rings. The van der Waals surface area contributed by atoms with Crippen LogP contribution in [0.1, 0.15) is 5.56 Å². The summed E-state index contributed by atoms with van der Waals surface area (Å²) >= 11 is 11.8. The van der Waals surface area contributed by atoms with E-state index in [1.807, 2.05) is 30.3 Å². The third-order valence-electron chi connectivity index (χ3n) is 2.37. The Kier molecular flexibility index (Phi) is 4.68. The summed E-state index contributed by atoms with van der Waals surface area (Å²) < 4.78 is 13.0. The molecule has 0 spiro atoms. The summed E-state index contributed by atoms with van der Waals surface area (Å²) in [4.78, 5) is 0. The Morgan fingerprint density at radius 2 is 1.68 bits per heavy atom. The van der Waals surface area contributed by atoms with E-state index in [9.17, 15) is 4.39 Å². The molecule has 2 aromatic carbocycles. The van der Waals surface area contributed by atoms with Crippen LogP contribution >= 0.6 is 23.2 Å². The zero-order valence-corrected chi connectivity index (χ0v) is 11.4. The lowest BCUT2D eigenvalue weighted by atomic mass is 10.2. The maximum absolute atomic E-state index is 13.0. The van der Waals surface area contributed by atoms with Crippen LogP contribution in [-0.2, 0) is 0 Å². The fraction of sp³-hybridized carbons (Fsp3) is 0.0667. The average molecular weight is 294 g/mol. The van der Waals surface area contributed by atoms with Crippen LogP contribution in [-0.4, -0.2) is 6.54 Å². The summed E-state index contributed by atoms with van der Waals surface area (Å²) in [5.41, 5.74) is 1.42. The Morgan fingerprint density at radius 3 is 2.32 bits per heavy atom. The van der Waals surface area contributed by atoms with E-state index in [1.54, 1.807) is 0 Å². The Morgan fingerprint density at radius 1 is 1.05 bits per heavy atom. The Hall–Kier alpha value is -1.69. The number of halogens is 3. The molecule has 0 unspecified atom stereocenters. The molecular weight excluding hydrogens is 284 g/mol. The van der Waals surface area contributed by atoms with Crippen LogP contribution in [0.5, 0.6) is 0 Å². The van der Waals surface area contributed by atoms with E-state index in [4.69, 9.17) is 23.2 Å². The number of benzene rings is 2. The summed E-state index contributed by atoms with van der Waals surface area (Å²) in [6.45, 7) is 0.375. The molecule has 0 radical (unpaired) electrons. The maximum Gasteiger partial charge on any atom is 0.126 e. The molecule has 0 atom stereocenters. The van der Waals surface area contributed by atoms with Crippen molar-refractivity contribution in [3.63, 3.8) is 0 Å². The van der Waals surface area contributed by atoms with Crippen LogP contribution < -0.4 is 5.32 Å². The van der Waals surface area contributed by atoms with Gasteiger partial charge in [-0.15, -0.1) is 0 Å². The summed E-state index contributed by atoms with van der Waals surface area (Å²) in [6, 6.07) is 12.0. The van der Waals surface area contributed by atoms with Crippen molar-refractivity contribution in [3.8, 4) is 11.8 Å². The molecule has 0 bridgehead atoms. The predicted octanol–water partition coefficient (Wildman–Crippen LogP) is 4.60. The van der Waals surface area contributed by atoms with E-state index >= 15 is 0 Å². The largest absolute Gasteiger partial charge is 0.372 e. The van der Waals surface area contributed by atoms with E-state index in [0.717, 1.165) is 5.56 Å². The molecule has 0 aliphatic carbocycles. The lowest BCUT2D eigenvalue weighted by Crippen LogP contribution is -2.00. The van der Waals surface area contributed by atoms with Gasteiger partial charge in [0.15, 0.2) is 0 Å². The van der Waals surface area contributed by atoms with Gasteiger partial charge >= 0.3 is 0 Å². The second-order valence-corrected chi connectivity index (χ2v) is 4.58. The molecule has 0 aliphatic rings. The maximum atomic E-state index is 13.0. The first-order chi connectivity index (χ1) is 9.16. The van der Waals surface area contributed by atoms with Crippen molar-refractivity contribution in [2.45, 2.75) is 0 Å². The van der Waals surface area contributed by atoms with Crippen molar-refractivity contribution in [3.05, 3.63) is 63.9 Å². The molecule has 0 saturated carbocycles. The normalized spacial score (nSPS) is 9.63. The second kappa shape index (κ2) is 6.47. The van der Waals surface area contributed by atoms with Crippen molar-refractivity contribution in [2.24, 2.45) is 0 Å². The van der Waals surface area contributed by atoms with Crippen LogP contribution in [0.4, 0.5) is 10.1 Å². The minimum Gasteiger partial charge on any atom is -0.372 e. The first-order valence-electron chi connectivity index (χ1n) is 5.59. The van der Waals surface area contributed by atoms with Gasteiger partial charge in [-0.2, -0.15) is 0 Å². The average Bonchev–Trinajstić information content (AvgIpc) is 2.38. The van der Waals surface area contributed by atoms with Gasteiger partial charge in [-0.1, -0.05) is 53.2 Å². The van der Waals surface area contributed by atoms with Crippen molar-refractivity contribution in [2.75, 3.05) is 11.9 Å². The summed E-state index contributed by atoms with van der Waals surface area (Å²) in [6.07, 6.45) is 0. The number of hydrogen-bond acceptors (Lipinski definition) is 1. The Labute approximate surface area is 121 Å². The lowest BCUT2D eigenvalue weighted by molar-refractivity contribution is 0.628. The van der Waals surface area contributed by atoms with Gasteiger partial charge in [0, 0.05) is 5.56 Å². The van der Waals surface area contributed by atoms with Crippen LogP contribution in [0.2, 0.25) is 10.0 Å². The molecule has 4 heteroatoms. The minimum absolute atomic E-state index is 0.242. The standard InChI is InChI=1S/C15H10Cl2FN/c16-13-9-12(18)10-14(17)15(13)19-8-4-7-11-5-2-1-3-6-11/h1-3,5-6,9-10,19H,8H2. The van der Waals surface area contributed by atoms with E-state index in [-0.39, 0.29) is 10.0 Å². The fourth-order valence-electron chi connectivity index (χ4n) is 1.51. The molecule has 19 heavy (non-hydrogen) atoms. The highest BCUT2D eigenvalue weighted by Gasteiger charge is 2.06. The molecule has 0 aromatic heterocycles. The van der Waals surface area contributed by atoms with Crippen LogP contribution in [0.3, 0.4) is 0 Å². The van der Waals surface area contributed by atoms with Gasteiger partial charge in [0.05, 0.1) is 22.3 Å².